The number of rotatable bonds is 3. The Morgan fingerprint density at radius 3 is 2.20 bits per heavy atom. The van der Waals surface area contributed by atoms with Crippen LogP contribution in [0.4, 0.5) is 10.5 Å². The number of benzene rings is 1. The molecule has 1 amide bonds. The van der Waals surface area contributed by atoms with Crippen molar-refractivity contribution < 1.29 is 33.4 Å². The van der Waals surface area contributed by atoms with Crippen LogP contribution in [0.15, 0.2) is 29.5 Å². The predicted molar refractivity (Wildman–Crippen MR) is 86.1 cm³/mol. The summed E-state index contributed by atoms with van der Waals surface area (Å²) in [6.45, 7) is 3.41. The monoisotopic (exact) mass is 347 g/mol. The average Bonchev–Trinajstić information content (AvgIpc) is 2.87. The second-order valence-corrected chi connectivity index (χ2v) is 5.09. The van der Waals surface area contributed by atoms with Crippen LogP contribution in [0, 0.1) is 6.92 Å². The van der Waals surface area contributed by atoms with Crippen molar-refractivity contribution in [2.24, 2.45) is 0 Å². The van der Waals surface area contributed by atoms with Gasteiger partial charge in [0.25, 0.3) is 0 Å². The molecule has 1 aromatic carbocycles. The van der Waals surface area contributed by atoms with Gasteiger partial charge in [-0.3, -0.25) is 4.79 Å². The molecule has 0 spiro atoms. The molecule has 0 atom stereocenters. The molecule has 1 aromatic rings. The first-order chi connectivity index (χ1) is 11.9. The van der Waals surface area contributed by atoms with Gasteiger partial charge in [0.2, 0.25) is 5.78 Å². The fourth-order valence-corrected chi connectivity index (χ4v) is 2.46. The summed E-state index contributed by atoms with van der Waals surface area (Å²) in [6, 6.07) is 4.79. The van der Waals surface area contributed by atoms with Gasteiger partial charge in [-0.1, -0.05) is 11.6 Å². The van der Waals surface area contributed by atoms with Crippen molar-refractivity contribution in [3.05, 3.63) is 40.6 Å². The number of carbonyl (C=O) groups excluding carboxylic acids is 4. The fourth-order valence-electron chi connectivity index (χ4n) is 2.46. The third kappa shape index (κ3) is 3.10. The molecular weight excluding hydrogens is 330 g/mol. The minimum Gasteiger partial charge on any atom is -0.465 e. The Hall–Kier alpha value is -3.16. The van der Waals surface area contributed by atoms with E-state index in [0.717, 1.165) is 24.7 Å². The quantitative estimate of drug-likeness (QED) is 0.270. The number of methoxy groups -OCH3 is 2. The van der Waals surface area contributed by atoms with Crippen LogP contribution >= 0.6 is 0 Å². The third-order valence-electron chi connectivity index (χ3n) is 3.54. The average molecular weight is 347 g/mol. The first kappa shape index (κ1) is 18.2. The normalized spacial score (nSPS) is 12.6. The van der Waals surface area contributed by atoms with Gasteiger partial charge < -0.3 is 14.2 Å². The van der Waals surface area contributed by atoms with Gasteiger partial charge in [-0.2, -0.15) is 0 Å². The molecule has 0 aliphatic carbocycles. The van der Waals surface area contributed by atoms with Gasteiger partial charge in [-0.25, -0.2) is 19.3 Å². The minimum absolute atomic E-state index is 0.0454. The van der Waals surface area contributed by atoms with Crippen LogP contribution < -0.4 is 4.90 Å². The van der Waals surface area contributed by atoms with Gasteiger partial charge in [0.15, 0.2) is 5.57 Å². The summed E-state index contributed by atoms with van der Waals surface area (Å²) in [4.78, 5) is 50.3. The van der Waals surface area contributed by atoms with Crippen molar-refractivity contribution in [3.63, 3.8) is 0 Å². The van der Waals surface area contributed by atoms with Crippen molar-refractivity contribution in [2.75, 3.05) is 25.7 Å². The highest BCUT2D eigenvalue weighted by Gasteiger charge is 2.43. The molecule has 0 N–H and O–H groups in total. The van der Waals surface area contributed by atoms with Crippen molar-refractivity contribution in [1.82, 2.24) is 0 Å². The van der Waals surface area contributed by atoms with E-state index in [2.05, 4.69) is 9.47 Å². The molecule has 0 radical (unpaired) electrons. The molecule has 132 valence electrons. The zero-order valence-corrected chi connectivity index (χ0v) is 14.2. The van der Waals surface area contributed by atoms with Gasteiger partial charge in [0.1, 0.15) is 5.70 Å². The van der Waals surface area contributed by atoms with Crippen molar-refractivity contribution in [1.29, 1.82) is 0 Å². The summed E-state index contributed by atoms with van der Waals surface area (Å²) in [7, 11) is 2.11. The van der Waals surface area contributed by atoms with E-state index >= 15 is 0 Å². The van der Waals surface area contributed by atoms with E-state index in [1.54, 1.807) is 32.0 Å². The number of anilines is 1. The molecule has 0 aromatic heterocycles. The molecule has 0 fully saturated rings. The molecule has 8 heteroatoms. The molecule has 0 unspecified atom stereocenters. The van der Waals surface area contributed by atoms with Crippen LogP contribution in [0.1, 0.15) is 22.8 Å². The fraction of sp³-hybridized carbons (Fsp3) is 0.294. The SMILES string of the molecule is CCOC(=O)N1C(=C(C(=O)OC)C(=O)OC)C(=O)c2cc(C)ccc21. The lowest BCUT2D eigenvalue weighted by molar-refractivity contribution is -0.144. The number of ketones is 1. The highest BCUT2D eigenvalue weighted by molar-refractivity contribution is 6.31. The minimum atomic E-state index is -1.09. The number of allylic oxidation sites excluding steroid dienone is 1. The number of carbonyl (C=O) groups is 4. The summed E-state index contributed by atoms with van der Waals surface area (Å²) in [5, 5.41) is 0. The predicted octanol–water partition coefficient (Wildman–Crippen LogP) is 1.75. The molecule has 25 heavy (non-hydrogen) atoms. The van der Waals surface area contributed by atoms with E-state index in [-0.39, 0.29) is 17.9 Å². The Morgan fingerprint density at radius 2 is 1.68 bits per heavy atom. The number of esters is 2. The lowest BCUT2D eigenvalue weighted by atomic mass is 10.1. The molecule has 1 aliphatic heterocycles. The van der Waals surface area contributed by atoms with Crippen LogP contribution in [0.2, 0.25) is 0 Å². The Kier molecular flexibility index (Phi) is 5.21. The number of fused-ring (bicyclic) bond motifs is 1. The van der Waals surface area contributed by atoms with Crippen molar-refractivity contribution in [2.45, 2.75) is 13.8 Å². The zero-order valence-electron chi connectivity index (χ0n) is 14.2. The van der Waals surface area contributed by atoms with E-state index in [1.807, 2.05) is 0 Å². The largest absolute Gasteiger partial charge is 0.465 e. The Bertz CT molecular complexity index is 776. The second kappa shape index (κ2) is 7.16. The van der Waals surface area contributed by atoms with Crippen LogP contribution in [-0.2, 0) is 23.8 Å². The highest BCUT2D eigenvalue weighted by atomic mass is 16.6. The number of aryl methyl sites for hydroxylation is 1. The van der Waals surface area contributed by atoms with E-state index in [0.29, 0.717) is 0 Å². The van der Waals surface area contributed by atoms with Crippen molar-refractivity contribution in [3.8, 4) is 0 Å². The topological polar surface area (TPSA) is 99.2 Å². The lowest BCUT2D eigenvalue weighted by Gasteiger charge is -2.19. The molecule has 1 heterocycles. The van der Waals surface area contributed by atoms with Crippen LogP contribution in [0.25, 0.3) is 0 Å². The molecule has 1 aliphatic rings. The van der Waals surface area contributed by atoms with E-state index in [1.165, 1.54) is 0 Å². The van der Waals surface area contributed by atoms with Gasteiger partial charge in [-0.05, 0) is 26.0 Å². The molecule has 0 bridgehead atoms. The van der Waals surface area contributed by atoms with Crippen LogP contribution in [0.3, 0.4) is 0 Å². The Labute approximate surface area is 143 Å². The van der Waals surface area contributed by atoms with Gasteiger partial charge >= 0.3 is 18.0 Å². The van der Waals surface area contributed by atoms with E-state index in [4.69, 9.17) is 4.74 Å². The van der Waals surface area contributed by atoms with Crippen LogP contribution in [0.5, 0.6) is 0 Å². The summed E-state index contributed by atoms with van der Waals surface area (Å²) in [5.41, 5.74) is 0.0483. The number of nitrogens with zero attached hydrogens (tertiary/aromatic N) is 1. The number of Topliss-reactive ketones (excluding diaryl/α,β-unsaturated/α-hetero) is 1. The Morgan fingerprint density at radius 1 is 1.08 bits per heavy atom. The Balaban J connectivity index is 2.79. The summed E-state index contributed by atoms with van der Waals surface area (Å²) >= 11 is 0. The number of amides is 1. The molecule has 8 nitrogen and oxygen atoms in total. The molecule has 2 rings (SSSR count). The maximum atomic E-state index is 12.8. The van der Waals surface area contributed by atoms with E-state index in [9.17, 15) is 19.2 Å². The lowest BCUT2D eigenvalue weighted by Crippen LogP contribution is -2.33. The number of hydrogen-bond donors (Lipinski definition) is 0. The maximum Gasteiger partial charge on any atom is 0.419 e. The van der Waals surface area contributed by atoms with Crippen LogP contribution in [-0.4, -0.2) is 44.6 Å². The summed E-state index contributed by atoms with van der Waals surface area (Å²) < 4.78 is 14.1. The smallest absolute Gasteiger partial charge is 0.419 e. The zero-order chi connectivity index (χ0) is 18.7. The molecule has 0 saturated heterocycles. The van der Waals surface area contributed by atoms with Gasteiger partial charge in [-0.15, -0.1) is 0 Å². The highest BCUT2D eigenvalue weighted by Crippen LogP contribution is 2.37. The standard InChI is InChI=1S/C17H17NO7/c1-5-25-17(22)18-11-7-6-9(2)8-10(11)14(19)13(18)12(15(20)23-3)16(21)24-4/h6-8H,5H2,1-4H3. The summed E-state index contributed by atoms with van der Waals surface area (Å²) in [6.07, 6.45) is -0.890. The van der Waals surface area contributed by atoms with Gasteiger partial charge in [0, 0.05) is 5.56 Å². The van der Waals surface area contributed by atoms with E-state index < -0.39 is 35.1 Å². The van der Waals surface area contributed by atoms with Crippen molar-refractivity contribution >= 4 is 29.5 Å². The third-order valence-corrected chi connectivity index (χ3v) is 3.54. The first-order valence-corrected chi connectivity index (χ1v) is 7.40. The molecular formula is C17H17NO7. The molecule has 0 saturated carbocycles. The second-order valence-electron chi connectivity index (χ2n) is 5.09. The van der Waals surface area contributed by atoms with Gasteiger partial charge in [0.05, 0.1) is 26.5 Å². The number of ether oxygens (including phenoxy) is 3. The maximum absolute atomic E-state index is 12.8. The number of hydrogen-bond acceptors (Lipinski definition) is 7. The summed E-state index contributed by atoms with van der Waals surface area (Å²) in [5.74, 6) is -2.85. The first-order valence-electron chi connectivity index (χ1n) is 7.40.